The second-order valence-corrected chi connectivity index (χ2v) is 8.08. The molecule has 0 radical (unpaired) electrons. The minimum atomic E-state index is -1.57. The summed E-state index contributed by atoms with van der Waals surface area (Å²) in [7, 11) is -1.57. The number of carbonyl (C=O) groups excluding carboxylic acids is 1. The summed E-state index contributed by atoms with van der Waals surface area (Å²) in [5, 5.41) is 3.83. The number of halogens is 1. The molecule has 0 saturated carbocycles. The van der Waals surface area contributed by atoms with E-state index in [9.17, 15) is 4.79 Å². The molecule has 3 aromatic rings. The van der Waals surface area contributed by atoms with Crippen LogP contribution < -0.4 is 14.1 Å². The summed E-state index contributed by atoms with van der Waals surface area (Å²) < 4.78 is 12.0. The molecule has 0 heterocycles. The van der Waals surface area contributed by atoms with Gasteiger partial charge in [-0.25, -0.2) is 5.09 Å². The smallest absolute Gasteiger partial charge is 0.382 e. The Morgan fingerprint density at radius 3 is 2.07 bits per heavy atom. The number of ketones is 1. The van der Waals surface area contributed by atoms with E-state index in [0.29, 0.717) is 29.4 Å². The molecule has 1 N–H and O–H groups in total. The lowest BCUT2D eigenvalue weighted by Gasteiger charge is -2.22. The van der Waals surface area contributed by atoms with E-state index in [2.05, 4.69) is 5.09 Å². The zero-order valence-electron chi connectivity index (χ0n) is 16.1. The molecule has 0 saturated heterocycles. The number of benzene rings is 3. The third-order valence-electron chi connectivity index (χ3n) is 4.22. The molecule has 2 atom stereocenters. The standard InChI is InChI=1S/C23H23ClNO3P/c1-18(23(26)17-12-19-8-4-2-5-9-19)25-29(27-21-10-6-3-7-11-21)28-22-15-13-20(24)14-16-22/h2-11,13-16,18,25H,12,17H2,1H3/t18-,29?/m0/s1. The molecule has 1 unspecified atom stereocenters. The summed E-state index contributed by atoms with van der Waals surface area (Å²) in [5.74, 6) is 1.40. The first kappa shape index (κ1) is 21.3. The van der Waals surface area contributed by atoms with Crippen LogP contribution in [0.15, 0.2) is 84.9 Å². The highest BCUT2D eigenvalue weighted by molar-refractivity contribution is 7.45. The van der Waals surface area contributed by atoms with Crippen LogP contribution in [-0.4, -0.2) is 11.8 Å². The summed E-state index contributed by atoms with van der Waals surface area (Å²) in [6.07, 6.45) is 1.16. The maximum Gasteiger partial charge on any atom is 0.382 e. The van der Waals surface area contributed by atoms with E-state index in [1.807, 2.05) is 67.6 Å². The van der Waals surface area contributed by atoms with Crippen molar-refractivity contribution in [3.63, 3.8) is 0 Å². The Kier molecular flexibility index (Phi) is 8.06. The van der Waals surface area contributed by atoms with Crippen LogP contribution in [0.5, 0.6) is 11.5 Å². The molecule has 0 aliphatic heterocycles. The SMILES string of the molecule is C[C@H](NP(Oc1ccccc1)Oc1ccc(Cl)cc1)C(=O)CCc1ccccc1. The summed E-state index contributed by atoms with van der Waals surface area (Å²) in [6, 6.07) is 26.0. The van der Waals surface area contributed by atoms with Gasteiger partial charge in [0.1, 0.15) is 17.3 Å². The zero-order chi connectivity index (χ0) is 20.5. The first-order chi connectivity index (χ1) is 14.1. The predicted molar refractivity (Wildman–Crippen MR) is 118 cm³/mol. The Balaban J connectivity index is 1.62. The first-order valence-corrected chi connectivity index (χ1v) is 11.0. The molecule has 0 amide bonds. The fourth-order valence-electron chi connectivity index (χ4n) is 2.60. The van der Waals surface area contributed by atoms with Crippen molar-refractivity contribution in [2.75, 3.05) is 0 Å². The van der Waals surface area contributed by atoms with Crippen molar-refractivity contribution < 1.29 is 13.8 Å². The van der Waals surface area contributed by atoms with Crippen molar-refractivity contribution in [1.82, 2.24) is 5.09 Å². The summed E-state index contributed by atoms with van der Waals surface area (Å²) in [6.45, 7) is 1.84. The van der Waals surface area contributed by atoms with E-state index >= 15 is 0 Å². The Morgan fingerprint density at radius 1 is 0.897 bits per heavy atom. The molecule has 150 valence electrons. The number of para-hydroxylation sites is 1. The van der Waals surface area contributed by atoms with Gasteiger partial charge in [-0.3, -0.25) is 4.79 Å². The number of hydrogen-bond acceptors (Lipinski definition) is 4. The minimum Gasteiger partial charge on any atom is -0.427 e. The maximum absolute atomic E-state index is 12.6. The average molecular weight is 428 g/mol. The Labute approximate surface area is 177 Å². The van der Waals surface area contributed by atoms with Crippen LogP contribution in [0.25, 0.3) is 0 Å². The van der Waals surface area contributed by atoms with Crippen molar-refractivity contribution in [2.24, 2.45) is 0 Å². The molecule has 3 rings (SSSR count). The van der Waals surface area contributed by atoms with Crippen LogP contribution in [-0.2, 0) is 11.2 Å². The average Bonchev–Trinajstić information content (AvgIpc) is 2.75. The highest BCUT2D eigenvalue weighted by Gasteiger charge is 2.22. The van der Waals surface area contributed by atoms with Gasteiger partial charge in [-0.1, -0.05) is 60.1 Å². The van der Waals surface area contributed by atoms with Gasteiger partial charge in [0.15, 0.2) is 0 Å². The topological polar surface area (TPSA) is 47.6 Å². The van der Waals surface area contributed by atoms with Gasteiger partial charge >= 0.3 is 8.53 Å². The molecule has 6 heteroatoms. The van der Waals surface area contributed by atoms with Crippen LogP contribution in [0.2, 0.25) is 5.02 Å². The van der Waals surface area contributed by atoms with Crippen molar-refractivity contribution in [3.05, 3.63) is 95.5 Å². The third-order valence-corrected chi connectivity index (χ3v) is 5.82. The summed E-state index contributed by atoms with van der Waals surface area (Å²) in [4.78, 5) is 12.6. The Hall–Kier alpha value is -2.39. The highest BCUT2D eigenvalue weighted by Crippen LogP contribution is 2.37. The van der Waals surface area contributed by atoms with E-state index in [-0.39, 0.29) is 5.78 Å². The van der Waals surface area contributed by atoms with Crippen molar-refractivity contribution in [1.29, 1.82) is 0 Å². The van der Waals surface area contributed by atoms with Gasteiger partial charge in [-0.15, -0.1) is 0 Å². The Morgan fingerprint density at radius 2 is 1.45 bits per heavy atom. The van der Waals surface area contributed by atoms with E-state index in [1.165, 1.54) is 0 Å². The van der Waals surface area contributed by atoms with E-state index in [0.717, 1.165) is 5.56 Å². The van der Waals surface area contributed by atoms with E-state index in [1.54, 1.807) is 24.3 Å². The van der Waals surface area contributed by atoms with Gasteiger partial charge in [0.2, 0.25) is 0 Å². The lowest BCUT2D eigenvalue weighted by molar-refractivity contribution is -0.120. The maximum atomic E-state index is 12.6. The molecular formula is C23H23ClNO3P. The van der Waals surface area contributed by atoms with Crippen LogP contribution in [0.3, 0.4) is 0 Å². The molecule has 0 fully saturated rings. The summed E-state index contributed by atoms with van der Waals surface area (Å²) in [5.41, 5.74) is 1.15. The molecule has 0 bridgehead atoms. The normalized spacial score (nSPS) is 12.8. The Bertz CT molecular complexity index is 891. The molecule has 0 aliphatic rings. The molecule has 3 aromatic carbocycles. The number of nitrogens with one attached hydrogen (secondary N) is 1. The number of carbonyl (C=O) groups is 1. The largest absolute Gasteiger partial charge is 0.427 e. The number of hydrogen-bond donors (Lipinski definition) is 1. The van der Waals surface area contributed by atoms with Crippen LogP contribution in [0.1, 0.15) is 18.9 Å². The first-order valence-electron chi connectivity index (χ1n) is 9.39. The van der Waals surface area contributed by atoms with Crippen LogP contribution >= 0.6 is 20.1 Å². The lowest BCUT2D eigenvalue weighted by Crippen LogP contribution is -2.32. The third kappa shape index (κ3) is 7.17. The zero-order valence-corrected chi connectivity index (χ0v) is 17.8. The number of rotatable bonds is 10. The van der Waals surface area contributed by atoms with E-state index < -0.39 is 14.6 Å². The van der Waals surface area contributed by atoms with Crippen molar-refractivity contribution >= 4 is 25.9 Å². The van der Waals surface area contributed by atoms with Crippen molar-refractivity contribution in [3.8, 4) is 11.5 Å². The van der Waals surface area contributed by atoms with Gasteiger partial charge in [0, 0.05) is 11.4 Å². The monoisotopic (exact) mass is 427 g/mol. The minimum absolute atomic E-state index is 0.109. The lowest BCUT2D eigenvalue weighted by atomic mass is 10.1. The van der Waals surface area contributed by atoms with Gasteiger partial charge < -0.3 is 9.05 Å². The van der Waals surface area contributed by atoms with Gasteiger partial charge in [0.25, 0.3) is 0 Å². The van der Waals surface area contributed by atoms with Gasteiger partial charge in [0.05, 0.1) is 6.04 Å². The van der Waals surface area contributed by atoms with Gasteiger partial charge in [-0.05, 0) is 55.3 Å². The van der Waals surface area contributed by atoms with Crippen LogP contribution in [0.4, 0.5) is 0 Å². The second kappa shape index (κ2) is 11.0. The van der Waals surface area contributed by atoms with Crippen molar-refractivity contribution in [2.45, 2.75) is 25.8 Å². The molecule has 0 spiro atoms. The highest BCUT2D eigenvalue weighted by atomic mass is 35.5. The van der Waals surface area contributed by atoms with Crippen LogP contribution in [0, 0.1) is 0 Å². The number of aryl methyl sites for hydroxylation is 1. The second-order valence-electron chi connectivity index (χ2n) is 6.51. The van der Waals surface area contributed by atoms with Gasteiger partial charge in [-0.2, -0.15) is 0 Å². The predicted octanol–water partition coefficient (Wildman–Crippen LogP) is 6.20. The fraction of sp³-hybridized carbons (Fsp3) is 0.174. The number of Topliss-reactive ketones (excluding diaryl/α,β-unsaturated/α-hetero) is 1. The van der Waals surface area contributed by atoms with E-state index in [4.69, 9.17) is 20.6 Å². The molecule has 4 nitrogen and oxygen atoms in total. The molecule has 29 heavy (non-hydrogen) atoms. The molecule has 0 aliphatic carbocycles. The summed E-state index contributed by atoms with van der Waals surface area (Å²) >= 11 is 5.95. The quantitative estimate of drug-likeness (QED) is 0.391. The fourth-order valence-corrected chi connectivity index (χ4v) is 3.95. The molecular weight excluding hydrogens is 405 g/mol. The molecule has 0 aromatic heterocycles.